The molecule has 1 aromatic heterocycles. The van der Waals surface area contributed by atoms with E-state index < -0.39 is 0 Å². The van der Waals surface area contributed by atoms with Crippen LogP contribution in [0.5, 0.6) is 0 Å². The molecule has 1 aromatic rings. The molecular formula is C12H21N3O3. The van der Waals surface area contributed by atoms with Gasteiger partial charge in [0.2, 0.25) is 0 Å². The molecule has 0 aromatic carbocycles. The Morgan fingerprint density at radius 3 is 2.61 bits per heavy atom. The van der Waals surface area contributed by atoms with Crippen molar-refractivity contribution in [1.29, 1.82) is 0 Å². The van der Waals surface area contributed by atoms with Crippen LogP contribution >= 0.6 is 0 Å². The van der Waals surface area contributed by atoms with E-state index in [9.17, 15) is 0 Å². The molecule has 0 bridgehead atoms. The number of methoxy groups -OCH3 is 1. The Morgan fingerprint density at radius 2 is 1.89 bits per heavy atom. The van der Waals surface area contributed by atoms with Crippen LogP contribution in [0.3, 0.4) is 0 Å². The van der Waals surface area contributed by atoms with Crippen LogP contribution in [0.2, 0.25) is 0 Å². The highest BCUT2D eigenvalue weighted by atomic mass is 16.5. The second-order valence-corrected chi connectivity index (χ2v) is 3.61. The number of rotatable bonds is 11. The summed E-state index contributed by atoms with van der Waals surface area (Å²) in [5.74, 6) is 0. The maximum atomic E-state index is 5.39. The molecule has 6 nitrogen and oxygen atoms in total. The summed E-state index contributed by atoms with van der Waals surface area (Å²) in [4.78, 5) is 0. The van der Waals surface area contributed by atoms with E-state index in [2.05, 4.69) is 15.5 Å². The molecule has 0 saturated heterocycles. The van der Waals surface area contributed by atoms with Gasteiger partial charge in [-0.25, -0.2) is 0 Å². The molecule has 0 spiro atoms. The third-order valence-corrected chi connectivity index (χ3v) is 2.16. The zero-order valence-electron chi connectivity index (χ0n) is 10.8. The average molecular weight is 255 g/mol. The Balaban J connectivity index is 1.82. The number of nitrogens with zero attached hydrogens (tertiary/aromatic N) is 2. The largest absolute Gasteiger partial charge is 0.382 e. The number of nitrogens with one attached hydrogen (secondary N) is 1. The second kappa shape index (κ2) is 11.0. The predicted octanol–water partition coefficient (Wildman–Crippen LogP) is 0.246. The van der Waals surface area contributed by atoms with Gasteiger partial charge < -0.3 is 19.5 Å². The molecule has 0 atom stereocenters. The molecule has 1 heterocycles. The van der Waals surface area contributed by atoms with Crippen molar-refractivity contribution < 1.29 is 14.2 Å². The van der Waals surface area contributed by atoms with Crippen LogP contribution < -0.4 is 5.32 Å². The minimum absolute atomic E-state index is 0.605. The van der Waals surface area contributed by atoms with Gasteiger partial charge in [0, 0.05) is 26.4 Å². The van der Waals surface area contributed by atoms with Gasteiger partial charge in [0.25, 0.3) is 0 Å². The molecule has 6 heteroatoms. The first-order valence-electron chi connectivity index (χ1n) is 6.05. The van der Waals surface area contributed by atoms with Gasteiger partial charge in [-0.2, -0.15) is 10.2 Å². The van der Waals surface area contributed by atoms with Gasteiger partial charge >= 0.3 is 0 Å². The van der Waals surface area contributed by atoms with Crippen molar-refractivity contribution >= 4 is 0 Å². The van der Waals surface area contributed by atoms with Crippen molar-refractivity contribution in [3.8, 4) is 0 Å². The summed E-state index contributed by atoms with van der Waals surface area (Å²) in [6.45, 7) is 4.61. The number of ether oxygens (including phenoxy) is 3. The SMILES string of the molecule is COCCOCCOCCNCc1cccnn1. The maximum absolute atomic E-state index is 5.39. The van der Waals surface area contributed by atoms with Crippen LogP contribution in [0, 0.1) is 0 Å². The molecule has 1 rings (SSSR count). The van der Waals surface area contributed by atoms with Crippen LogP contribution in [-0.2, 0) is 20.8 Å². The average Bonchev–Trinajstić information content (AvgIpc) is 2.42. The van der Waals surface area contributed by atoms with Crippen molar-refractivity contribution in [2.45, 2.75) is 6.54 Å². The molecule has 0 aliphatic carbocycles. The zero-order valence-corrected chi connectivity index (χ0v) is 10.8. The van der Waals surface area contributed by atoms with Gasteiger partial charge in [0.15, 0.2) is 0 Å². The Bertz CT molecular complexity index is 285. The third kappa shape index (κ3) is 8.08. The highest BCUT2D eigenvalue weighted by molar-refractivity contribution is 4.98. The Hall–Kier alpha value is -1.08. The van der Waals surface area contributed by atoms with E-state index in [4.69, 9.17) is 14.2 Å². The molecule has 0 fully saturated rings. The lowest BCUT2D eigenvalue weighted by Crippen LogP contribution is -2.21. The minimum atomic E-state index is 0.605. The van der Waals surface area contributed by atoms with E-state index in [0.717, 1.165) is 12.2 Å². The molecule has 0 aliphatic heterocycles. The van der Waals surface area contributed by atoms with Crippen LogP contribution in [0.1, 0.15) is 5.69 Å². The summed E-state index contributed by atoms with van der Waals surface area (Å²) in [5.41, 5.74) is 0.931. The molecule has 102 valence electrons. The van der Waals surface area contributed by atoms with Crippen molar-refractivity contribution in [2.24, 2.45) is 0 Å². The summed E-state index contributed by atoms with van der Waals surface area (Å²) in [6.07, 6.45) is 1.66. The fourth-order valence-corrected chi connectivity index (χ4v) is 1.25. The Labute approximate surface area is 108 Å². The first kappa shape index (κ1) is 15.0. The highest BCUT2D eigenvalue weighted by Gasteiger charge is 1.93. The molecule has 0 unspecified atom stereocenters. The molecule has 0 aliphatic rings. The lowest BCUT2D eigenvalue weighted by Gasteiger charge is -2.06. The summed E-state index contributed by atoms with van der Waals surface area (Å²) < 4.78 is 15.5. The van der Waals surface area contributed by atoms with Gasteiger partial charge in [-0.05, 0) is 12.1 Å². The van der Waals surface area contributed by atoms with E-state index in [1.54, 1.807) is 13.3 Å². The van der Waals surface area contributed by atoms with E-state index >= 15 is 0 Å². The lowest BCUT2D eigenvalue weighted by atomic mass is 10.4. The van der Waals surface area contributed by atoms with E-state index in [-0.39, 0.29) is 0 Å². The fourth-order valence-electron chi connectivity index (χ4n) is 1.25. The predicted molar refractivity (Wildman–Crippen MR) is 67.3 cm³/mol. The van der Waals surface area contributed by atoms with Crippen LogP contribution in [0.15, 0.2) is 18.3 Å². The Kier molecular flexibility index (Phi) is 9.18. The van der Waals surface area contributed by atoms with Crippen LogP contribution in [-0.4, -0.2) is 56.9 Å². The molecule has 0 radical (unpaired) electrons. The summed E-state index contributed by atoms with van der Waals surface area (Å²) in [5, 5.41) is 11.0. The molecule has 1 N–H and O–H groups in total. The van der Waals surface area contributed by atoms with E-state index in [1.807, 2.05) is 12.1 Å². The van der Waals surface area contributed by atoms with E-state index in [0.29, 0.717) is 39.6 Å². The molecule has 0 amide bonds. The highest BCUT2D eigenvalue weighted by Crippen LogP contribution is 1.88. The summed E-state index contributed by atoms with van der Waals surface area (Å²) in [6, 6.07) is 3.81. The van der Waals surface area contributed by atoms with Crippen molar-refractivity contribution in [1.82, 2.24) is 15.5 Å². The lowest BCUT2D eigenvalue weighted by molar-refractivity contribution is 0.0255. The maximum Gasteiger partial charge on any atom is 0.0768 e. The normalized spacial score (nSPS) is 10.7. The van der Waals surface area contributed by atoms with Crippen molar-refractivity contribution in [3.05, 3.63) is 24.0 Å². The third-order valence-electron chi connectivity index (χ3n) is 2.16. The molecule has 0 saturated carbocycles. The topological polar surface area (TPSA) is 65.5 Å². The second-order valence-electron chi connectivity index (χ2n) is 3.61. The fraction of sp³-hybridized carbons (Fsp3) is 0.667. The number of hydrogen-bond acceptors (Lipinski definition) is 6. The van der Waals surface area contributed by atoms with Gasteiger partial charge in [0.05, 0.1) is 38.7 Å². The van der Waals surface area contributed by atoms with Crippen LogP contribution in [0.25, 0.3) is 0 Å². The summed E-state index contributed by atoms with van der Waals surface area (Å²) >= 11 is 0. The smallest absolute Gasteiger partial charge is 0.0768 e. The van der Waals surface area contributed by atoms with Crippen molar-refractivity contribution in [2.75, 3.05) is 46.7 Å². The first-order chi connectivity index (χ1) is 8.93. The minimum Gasteiger partial charge on any atom is -0.382 e. The van der Waals surface area contributed by atoms with Crippen LogP contribution in [0.4, 0.5) is 0 Å². The summed E-state index contributed by atoms with van der Waals surface area (Å²) in [7, 11) is 1.66. The van der Waals surface area contributed by atoms with E-state index in [1.165, 1.54) is 0 Å². The monoisotopic (exact) mass is 255 g/mol. The zero-order chi connectivity index (χ0) is 12.9. The van der Waals surface area contributed by atoms with Crippen molar-refractivity contribution in [3.63, 3.8) is 0 Å². The van der Waals surface area contributed by atoms with Gasteiger partial charge in [-0.1, -0.05) is 0 Å². The standard InChI is InChI=1S/C12H21N3O3/c1-16-7-8-18-10-9-17-6-5-13-11-12-3-2-4-14-15-12/h2-4,13H,5-11H2,1H3. The molecular weight excluding hydrogens is 234 g/mol. The first-order valence-corrected chi connectivity index (χ1v) is 6.05. The van der Waals surface area contributed by atoms with Gasteiger partial charge in [0.1, 0.15) is 0 Å². The number of hydrogen-bond donors (Lipinski definition) is 1. The number of aromatic nitrogens is 2. The quantitative estimate of drug-likeness (QED) is 0.572. The van der Waals surface area contributed by atoms with Gasteiger partial charge in [-0.15, -0.1) is 0 Å². The Morgan fingerprint density at radius 1 is 1.11 bits per heavy atom. The van der Waals surface area contributed by atoms with Gasteiger partial charge in [-0.3, -0.25) is 0 Å². The molecule has 18 heavy (non-hydrogen) atoms.